The van der Waals surface area contributed by atoms with Gasteiger partial charge >= 0.3 is 6.03 Å². The fourth-order valence-electron chi connectivity index (χ4n) is 1.86. The lowest BCUT2D eigenvalue weighted by Gasteiger charge is -2.12. The number of carbonyl (C=O) groups is 1. The molecule has 0 bridgehead atoms. The summed E-state index contributed by atoms with van der Waals surface area (Å²) in [4.78, 5) is 11.5. The molecule has 0 heterocycles. The van der Waals surface area contributed by atoms with Crippen molar-refractivity contribution in [3.63, 3.8) is 0 Å². The Kier molecular flexibility index (Phi) is 8.50. The average Bonchev–Trinajstić information content (AvgIpc) is 2.43. The number of rotatable bonds is 8. The standard InChI is InChI=1S/C15H22Cl2N2O2/c1-11(6-8-20)10-19-15(21)18-7-2-3-12-4-5-13(16)9-14(12)17/h4-5,9,11,20H,2-3,6-8,10H2,1H3,(H2,18,19,21). The average molecular weight is 333 g/mol. The van der Waals surface area contributed by atoms with Crippen molar-refractivity contribution < 1.29 is 9.90 Å². The van der Waals surface area contributed by atoms with Crippen LogP contribution in [0.1, 0.15) is 25.3 Å². The first-order valence-corrected chi connectivity index (χ1v) is 7.85. The molecule has 0 spiro atoms. The van der Waals surface area contributed by atoms with Crippen LogP contribution in [0.4, 0.5) is 4.79 Å². The molecular weight excluding hydrogens is 311 g/mol. The Morgan fingerprint density at radius 2 is 2.10 bits per heavy atom. The third kappa shape index (κ3) is 7.55. The third-order valence-electron chi connectivity index (χ3n) is 3.16. The van der Waals surface area contributed by atoms with Crippen LogP contribution in [0.2, 0.25) is 10.0 Å². The number of aryl methyl sites for hydroxylation is 1. The molecule has 1 aromatic rings. The van der Waals surface area contributed by atoms with E-state index in [1.807, 2.05) is 19.1 Å². The highest BCUT2D eigenvalue weighted by atomic mass is 35.5. The van der Waals surface area contributed by atoms with Gasteiger partial charge in [-0.25, -0.2) is 4.79 Å². The normalized spacial score (nSPS) is 12.0. The van der Waals surface area contributed by atoms with E-state index in [-0.39, 0.29) is 18.6 Å². The number of nitrogens with one attached hydrogen (secondary N) is 2. The highest BCUT2D eigenvalue weighted by molar-refractivity contribution is 6.35. The summed E-state index contributed by atoms with van der Waals surface area (Å²) in [7, 11) is 0. The van der Waals surface area contributed by atoms with Gasteiger partial charge in [0.05, 0.1) is 0 Å². The highest BCUT2D eigenvalue weighted by Gasteiger charge is 2.05. The van der Waals surface area contributed by atoms with E-state index < -0.39 is 0 Å². The van der Waals surface area contributed by atoms with Crippen LogP contribution in [0.5, 0.6) is 0 Å². The van der Waals surface area contributed by atoms with Gasteiger partial charge in [-0.05, 0) is 42.9 Å². The molecule has 0 fully saturated rings. The van der Waals surface area contributed by atoms with Gasteiger partial charge in [-0.3, -0.25) is 0 Å². The summed E-state index contributed by atoms with van der Waals surface area (Å²) in [5.41, 5.74) is 1.03. The van der Waals surface area contributed by atoms with Gasteiger partial charge in [-0.1, -0.05) is 36.2 Å². The summed E-state index contributed by atoms with van der Waals surface area (Å²) in [5.74, 6) is 0.272. The summed E-state index contributed by atoms with van der Waals surface area (Å²) in [5, 5.41) is 15.6. The van der Waals surface area contributed by atoms with Crippen LogP contribution in [-0.4, -0.2) is 30.8 Å². The maximum Gasteiger partial charge on any atom is 0.314 e. The largest absolute Gasteiger partial charge is 0.396 e. The van der Waals surface area contributed by atoms with E-state index in [4.69, 9.17) is 28.3 Å². The zero-order valence-corrected chi connectivity index (χ0v) is 13.7. The van der Waals surface area contributed by atoms with E-state index >= 15 is 0 Å². The van der Waals surface area contributed by atoms with E-state index in [1.54, 1.807) is 6.07 Å². The van der Waals surface area contributed by atoms with Gasteiger partial charge in [0.2, 0.25) is 0 Å². The summed E-state index contributed by atoms with van der Waals surface area (Å²) in [6.45, 7) is 3.28. The fourth-order valence-corrected chi connectivity index (χ4v) is 2.36. The quantitative estimate of drug-likeness (QED) is 0.640. The Bertz CT molecular complexity index is 455. The van der Waals surface area contributed by atoms with Crippen molar-refractivity contribution in [2.45, 2.75) is 26.2 Å². The Hall–Kier alpha value is -0.970. The van der Waals surface area contributed by atoms with Crippen LogP contribution in [-0.2, 0) is 6.42 Å². The van der Waals surface area contributed by atoms with Crippen molar-refractivity contribution in [3.05, 3.63) is 33.8 Å². The SMILES string of the molecule is CC(CCO)CNC(=O)NCCCc1ccc(Cl)cc1Cl. The summed E-state index contributed by atoms with van der Waals surface area (Å²) in [6.07, 6.45) is 2.29. The maximum absolute atomic E-state index is 11.5. The van der Waals surface area contributed by atoms with E-state index in [0.717, 1.165) is 18.4 Å². The zero-order valence-electron chi connectivity index (χ0n) is 12.2. The fraction of sp³-hybridized carbons (Fsp3) is 0.533. The molecule has 4 nitrogen and oxygen atoms in total. The molecule has 3 N–H and O–H groups in total. The Labute approximate surface area is 135 Å². The first-order chi connectivity index (χ1) is 10.0. The minimum Gasteiger partial charge on any atom is -0.396 e. The van der Waals surface area contributed by atoms with Crippen molar-refractivity contribution in [1.29, 1.82) is 0 Å². The van der Waals surface area contributed by atoms with Crippen LogP contribution in [0.25, 0.3) is 0 Å². The predicted molar refractivity (Wildman–Crippen MR) is 87.1 cm³/mol. The van der Waals surface area contributed by atoms with E-state index in [9.17, 15) is 4.79 Å². The minimum absolute atomic E-state index is 0.145. The molecule has 0 saturated carbocycles. The molecule has 1 unspecified atom stereocenters. The Balaban J connectivity index is 2.17. The van der Waals surface area contributed by atoms with Crippen molar-refractivity contribution in [2.24, 2.45) is 5.92 Å². The van der Waals surface area contributed by atoms with Crippen molar-refractivity contribution in [3.8, 4) is 0 Å². The molecule has 118 valence electrons. The number of hydrogen-bond donors (Lipinski definition) is 3. The maximum atomic E-state index is 11.5. The monoisotopic (exact) mass is 332 g/mol. The van der Waals surface area contributed by atoms with Gasteiger partial charge in [0.15, 0.2) is 0 Å². The topological polar surface area (TPSA) is 61.4 Å². The minimum atomic E-state index is -0.179. The smallest absolute Gasteiger partial charge is 0.314 e. The number of carbonyl (C=O) groups excluding carboxylic acids is 1. The van der Waals surface area contributed by atoms with Gasteiger partial charge in [0.25, 0.3) is 0 Å². The van der Waals surface area contributed by atoms with Gasteiger partial charge in [-0.15, -0.1) is 0 Å². The summed E-state index contributed by atoms with van der Waals surface area (Å²) < 4.78 is 0. The molecule has 2 amide bonds. The van der Waals surface area contributed by atoms with Crippen LogP contribution in [0.3, 0.4) is 0 Å². The van der Waals surface area contributed by atoms with Crippen molar-refractivity contribution in [2.75, 3.05) is 19.7 Å². The molecule has 1 rings (SSSR count). The van der Waals surface area contributed by atoms with Gasteiger partial charge < -0.3 is 15.7 Å². The highest BCUT2D eigenvalue weighted by Crippen LogP contribution is 2.21. The summed E-state index contributed by atoms with van der Waals surface area (Å²) >= 11 is 11.9. The first kappa shape index (κ1) is 18.1. The van der Waals surface area contributed by atoms with E-state index in [2.05, 4.69) is 10.6 Å². The molecule has 0 radical (unpaired) electrons. The molecule has 1 atom stereocenters. The second kappa shape index (κ2) is 9.87. The molecule has 21 heavy (non-hydrogen) atoms. The number of aliphatic hydroxyl groups excluding tert-OH is 1. The lowest BCUT2D eigenvalue weighted by Crippen LogP contribution is -2.38. The van der Waals surface area contributed by atoms with Gasteiger partial charge in [-0.2, -0.15) is 0 Å². The molecule has 0 aliphatic heterocycles. The number of halogens is 2. The predicted octanol–water partition coefficient (Wildman–Crippen LogP) is 3.24. The van der Waals surface area contributed by atoms with Gasteiger partial charge in [0.1, 0.15) is 0 Å². The Morgan fingerprint density at radius 1 is 1.33 bits per heavy atom. The van der Waals surface area contributed by atoms with Crippen molar-refractivity contribution in [1.82, 2.24) is 10.6 Å². The lowest BCUT2D eigenvalue weighted by molar-refractivity contribution is 0.234. The molecule has 6 heteroatoms. The molecule has 0 saturated heterocycles. The molecule has 0 aliphatic rings. The van der Waals surface area contributed by atoms with Crippen LogP contribution in [0.15, 0.2) is 18.2 Å². The molecular formula is C15H22Cl2N2O2. The number of hydrogen-bond acceptors (Lipinski definition) is 2. The molecule has 0 aliphatic carbocycles. The first-order valence-electron chi connectivity index (χ1n) is 7.09. The third-order valence-corrected chi connectivity index (χ3v) is 3.74. The van der Waals surface area contributed by atoms with Crippen LogP contribution >= 0.6 is 23.2 Å². The summed E-state index contributed by atoms with van der Waals surface area (Å²) in [6, 6.07) is 5.26. The van der Waals surface area contributed by atoms with Crippen LogP contribution < -0.4 is 10.6 Å². The molecule has 0 aromatic heterocycles. The second-order valence-corrected chi connectivity index (χ2v) is 5.94. The number of amides is 2. The van der Waals surface area contributed by atoms with Crippen molar-refractivity contribution >= 4 is 29.2 Å². The second-order valence-electron chi connectivity index (χ2n) is 5.09. The van der Waals surface area contributed by atoms with E-state index in [1.165, 1.54) is 0 Å². The lowest BCUT2D eigenvalue weighted by atomic mass is 10.1. The zero-order chi connectivity index (χ0) is 15.7. The van der Waals surface area contributed by atoms with Crippen LogP contribution in [0, 0.1) is 5.92 Å². The van der Waals surface area contributed by atoms with E-state index in [0.29, 0.717) is 29.6 Å². The Morgan fingerprint density at radius 3 is 2.76 bits per heavy atom. The number of aliphatic hydroxyl groups is 1. The number of benzene rings is 1. The molecule has 1 aromatic carbocycles. The number of urea groups is 1. The van der Waals surface area contributed by atoms with Gasteiger partial charge in [0, 0.05) is 29.7 Å².